The van der Waals surface area contributed by atoms with Crippen LogP contribution in [0.25, 0.3) is 0 Å². The number of halogens is 1. The van der Waals surface area contributed by atoms with Gasteiger partial charge < -0.3 is 0 Å². The smallest absolute Gasteiger partial charge is 0.0131 e. The van der Waals surface area contributed by atoms with E-state index in [1.807, 2.05) is 0 Å². The number of nitrogens with zero attached hydrogens (tertiary/aromatic N) is 1. The van der Waals surface area contributed by atoms with Gasteiger partial charge in [-0.1, -0.05) is 0 Å². The highest BCUT2D eigenvalue weighted by Gasteiger charge is 2.47. The Morgan fingerprint density at radius 2 is 1.42 bits per heavy atom. The molecule has 1 N–H and O–H groups in total. The summed E-state index contributed by atoms with van der Waals surface area (Å²) in [6.07, 6.45) is 12.2. The molecule has 2 nitrogen and oxygen atoms in total. The summed E-state index contributed by atoms with van der Waals surface area (Å²) in [5.41, 5.74) is 3.67. The summed E-state index contributed by atoms with van der Waals surface area (Å²) < 4.78 is 0. The number of hydrogen-bond donors (Lipinski definition) is 1. The van der Waals surface area contributed by atoms with Crippen molar-refractivity contribution < 1.29 is 0 Å². The Labute approximate surface area is 124 Å². The molecule has 1 aliphatic heterocycles. The third kappa shape index (κ3) is 2.82. The summed E-state index contributed by atoms with van der Waals surface area (Å²) in [5.74, 6) is 5.57. The Balaban J connectivity index is 0.00000110. The normalized spacial score (nSPS) is 44.5. The van der Waals surface area contributed by atoms with Gasteiger partial charge in [-0.15, -0.1) is 12.4 Å². The molecule has 1 heterocycles. The van der Waals surface area contributed by atoms with Crippen molar-refractivity contribution in [3.05, 3.63) is 0 Å². The number of rotatable bonds is 4. The summed E-state index contributed by atoms with van der Waals surface area (Å²) >= 11 is 0. The molecule has 19 heavy (non-hydrogen) atoms. The monoisotopic (exact) mass is 284 g/mol. The number of nitrogens with one attached hydrogen (secondary N) is 1. The fourth-order valence-corrected chi connectivity index (χ4v) is 5.77. The lowest BCUT2D eigenvalue weighted by Gasteiger charge is -2.54. The van der Waals surface area contributed by atoms with Gasteiger partial charge in [-0.3, -0.25) is 5.43 Å². The predicted octanol–water partition coefficient (Wildman–Crippen LogP) is 3.47. The minimum atomic E-state index is 0. The van der Waals surface area contributed by atoms with Crippen LogP contribution in [-0.4, -0.2) is 24.6 Å². The zero-order valence-corrected chi connectivity index (χ0v) is 12.8. The highest BCUT2D eigenvalue weighted by Crippen LogP contribution is 2.57. The molecule has 0 aromatic rings. The van der Waals surface area contributed by atoms with Crippen molar-refractivity contribution in [2.75, 3.05) is 19.6 Å². The Kier molecular flexibility index (Phi) is 4.40. The highest BCUT2D eigenvalue weighted by atomic mass is 35.5. The van der Waals surface area contributed by atoms with Gasteiger partial charge >= 0.3 is 0 Å². The van der Waals surface area contributed by atoms with E-state index in [4.69, 9.17) is 0 Å². The van der Waals surface area contributed by atoms with E-state index in [9.17, 15) is 0 Å². The molecule has 0 radical (unpaired) electrons. The lowest BCUT2D eigenvalue weighted by atomic mass is 9.51. The molecule has 4 saturated carbocycles. The maximum atomic E-state index is 3.67. The van der Waals surface area contributed by atoms with E-state index in [0.717, 1.165) is 29.6 Å². The molecule has 0 aromatic heterocycles. The molecule has 5 rings (SSSR count). The van der Waals surface area contributed by atoms with Gasteiger partial charge in [0.15, 0.2) is 0 Å². The quantitative estimate of drug-likeness (QED) is 0.850. The molecule has 5 fully saturated rings. The number of hydrazine groups is 1. The van der Waals surface area contributed by atoms with Crippen molar-refractivity contribution in [1.29, 1.82) is 0 Å². The van der Waals surface area contributed by atoms with Crippen LogP contribution in [0.5, 0.6) is 0 Å². The fourth-order valence-electron chi connectivity index (χ4n) is 5.77. The summed E-state index contributed by atoms with van der Waals surface area (Å²) in [6, 6.07) is 0. The molecular weight excluding hydrogens is 256 g/mol. The first-order valence-corrected chi connectivity index (χ1v) is 8.37. The minimum absolute atomic E-state index is 0. The summed E-state index contributed by atoms with van der Waals surface area (Å²) in [5, 5.41) is 2.45. The van der Waals surface area contributed by atoms with Crippen LogP contribution in [0.1, 0.15) is 51.4 Å². The van der Waals surface area contributed by atoms with Crippen LogP contribution < -0.4 is 5.43 Å². The Morgan fingerprint density at radius 1 is 0.842 bits per heavy atom. The minimum Gasteiger partial charge on any atom is -0.255 e. The summed E-state index contributed by atoms with van der Waals surface area (Å²) in [4.78, 5) is 0. The lowest BCUT2D eigenvalue weighted by molar-refractivity contribution is -0.0407. The average molecular weight is 285 g/mol. The predicted molar refractivity (Wildman–Crippen MR) is 81.2 cm³/mol. The van der Waals surface area contributed by atoms with E-state index in [2.05, 4.69) is 10.4 Å². The first-order chi connectivity index (χ1) is 8.88. The van der Waals surface area contributed by atoms with Gasteiger partial charge in [0.1, 0.15) is 0 Å². The van der Waals surface area contributed by atoms with Crippen LogP contribution >= 0.6 is 12.4 Å². The van der Waals surface area contributed by atoms with Crippen LogP contribution in [0.4, 0.5) is 0 Å². The second-order valence-electron chi connectivity index (χ2n) is 7.49. The third-order valence-corrected chi connectivity index (χ3v) is 6.34. The molecule has 0 unspecified atom stereocenters. The highest BCUT2D eigenvalue weighted by molar-refractivity contribution is 5.85. The molecule has 110 valence electrons. The Morgan fingerprint density at radius 3 is 2.00 bits per heavy atom. The molecule has 4 bridgehead atoms. The maximum Gasteiger partial charge on any atom is 0.0131 e. The topological polar surface area (TPSA) is 15.3 Å². The molecular formula is C16H29ClN2. The second kappa shape index (κ2) is 5.91. The van der Waals surface area contributed by atoms with Gasteiger partial charge in [-0.05, 0) is 81.0 Å². The molecule has 4 aliphatic carbocycles. The Hall–Kier alpha value is 0.210. The van der Waals surface area contributed by atoms with E-state index in [1.165, 1.54) is 38.9 Å². The van der Waals surface area contributed by atoms with Crippen LogP contribution in [0.15, 0.2) is 0 Å². The van der Waals surface area contributed by atoms with Crippen LogP contribution in [0.2, 0.25) is 0 Å². The molecule has 3 heteroatoms. The Bertz CT molecular complexity index is 273. The molecule has 0 aromatic carbocycles. The van der Waals surface area contributed by atoms with Crippen molar-refractivity contribution in [2.24, 2.45) is 29.6 Å². The molecule has 0 spiro atoms. The first kappa shape index (κ1) is 14.2. The van der Waals surface area contributed by atoms with Crippen molar-refractivity contribution in [1.82, 2.24) is 10.4 Å². The van der Waals surface area contributed by atoms with E-state index in [-0.39, 0.29) is 12.4 Å². The zero-order chi connectivity index (χ0) is 11.9. The fraction of sp³-hybridized carbons (Fsp3) is 1.00. The summed E-state index contributed by atoms with van der Waals surface area (Å²) in [7, 11) is 0. The molecule has 0 amide bonds. The maximum absolute atomic E-state index is 3.67. The van der Waals surface area contributed by atoms with Crippen LogP contribution in [0.3, 0.4) is 0 Å². The average Bonchev–Trinajstić information content (AvgIpc) is 2.85. The standard InChI is InChI=1S/C16H28N2.ClH/c1-2-6-18(5-1)17-4-3-16-14-8-12-7-13(10-14)11-15(16)9-12;/h12-17H,1-11H2;1H. The largest absolute Gasteiger partial charge is 0.255 e. The molecule has 0 atom stereocenters. The molecule has 5 aliphatic rings. The van der Waals surface area contributed by atoms with Crippen molar-refractivity contribution in [3.8, 4) is 0 Å². The van der Waals surface area contributed by atoms with E-state index >= 15 is 0 Å². The van der Waals surface area contributed by atoms with Gasteiger partial charge in [-0.2, -0.15) is 0 Å². The van der Waals surface area contributed by atoms with Gasteiger partial charge in [0.05, 0.1) is 0 Å². The van der Waals surface area contributed by atoms with Crippen molar-refractivity contribution in [2.45, 2.75) is 51.4 Å². The van der Waals surface area contributed by atoms with Crippen molar-refractivity contribution in [3.63, 3.8) is 0 Å². The summed E-state index contributed by atoms with van der Waals surface area (Å²) in [6.45, 7) is 3.80. The zero-order valence-electron chi connectivity index (χ0n) is 12.0. The lowest BCUT2D eigenvalue weighted by Crippen LogP contribution is -2.46. The van der Waals surface area contributed by atoms with Crippen LogP contribution in [0, 0.1) is 29.6 Å². The third-order valence-electron chi connectivity index (χ3n) is 6.34. The van der Waals surface area contributed by atoms with Gasteiger partial charge in [0, 0.05) is 19.6 Å². The number of hydrogen-bond acceptors (Lipinski definition) is 2. The molecule has 1 saturated heterocycles. The van der Waals surface area contributed by atoms with E-state index in [1.54, 1.807) is 32.1 Å². The SMILES string of the molecule is C1CCN(NCCC2C3CC4CC(C3)CC2C4)C1.Cl. The van der Waals surface area contributed by atoms with Gasteiger partial charge in [0.2, 0.25) is 0 Å². The van der Waals surface area contributed by atoms with Crippen LogP contribution in [-0.2, 0) is 0 Å². The van der Waals surface area contributed by atoms with E-state index in [0.29, 0.717) is 0 Å². The van der Waals surface area contributed by atoms with Crippen molar-refractivity contribution >= 4 is 12.4 Å². The first-order valence-electron chi connectivity index (χ1n) is 8.37. The van der Waals surface area contributed by atoms with E-state index < -0.39 is 0 Å². The van der Waals surface area contributed by atoms with Gasteiger partial charge in [0.25, 0.3) is 0 Å². The van der Waals surface area contributed by atoms with Gasteiger partial charge in [-0.25, -0.2) is 5.01 Å². The second-order valence-corrected chi connectivity index (χ2v) is 7.49.